The predicted octanol–water partition coefficient (Wildman–Crippen LogP) is 6.35. The van der Waals surface area contributed by atoms with E-state index in [0.717, 1.165) is 51.4 Å². The van der Waals surface area contributed by atoms with Crippen LogP contribution in [0.1, 0.15) is 127 Å². The van der Waals surface area contributed by atoms with Gasteiger partial charge < -0.3 is 9.47 Å². The monoisotopic (exact) mass is 508 g/mol. The Morgan fingerprint density at radius 3 is 1.33 bits per heavy atom. The Morgan fingerprint density at radius 1 is 0.667 bits per heavy atom. The molecule has 36 heavy (non-hydrogen) atoms. The van der Waals surface area contributed by atoms with Gasteiger partial charge in [0.05, 0.1) is 0 Å². The van der Waals surface area contributed by atoms with E-state index in [9.17, 15) is 9.59 Å². The molecule has 6 nitrogen and oxygen atoms in total. The first kappa shape index (κ1) is 31.1. The predicted molar refractivity (Wildman–Crippen MR) is 147 cm³/mol. The second kappa shape index (κ2) is 11.7. The molecule has 6 heteroatoms. The topological polar surface area (TPSA) is 59.1 Å². The minimum Gasteiger partial charge on any atom is -0.462 e. The molecule has 0 spiro atoms. The molecule has 0 aromatic heterocycles. The van der Waals surface area contributed by atoms with Crippen LogP contribution in [0.3, 0.4) is 0 Å². The smallest absolute Gasteiger partial charge is 0.320 e. The summed E-state index contributed by atoms with van der Waals surface area (Å²) in [5.74, 6) is -1.64. The summed E-state index contributed by atoms with van der Waals surface area (Å²) >= 11 is 0. The maximum absolute atomic E-state index is 13.5. The van der Waals surface area contributed by atoms with Gasteiger partial charge in [0.25, 0.3) is 0 Å². The second-order valence-corrected chi connectivity index (χ2v) is 14.1. The molecule has 0 bridgehead atoms. The van der Waals surface area contributed by atoms with Crippen molar-refractivity contribution in [1.82, 2.24) is 9.80 Å². The number of carbonyl (C=O) groups is 2. The largest absolute Gasteiger partial charge is 0.462 e. The molecule has 2 aliphatic rings. The molecule has 2 heterocycles. The summed E-state index contributed by atoms with van der Waals surface area (Å²) < 4.78 is 12.2. The van der Waals surface area contributed by atoms with Gasteiger partial charge in [-0.15, -0.1) is 0 Å². The lowest BCUT2D eigenvalue weighted by Crippen LogP contribution is -2.60. The molecule has 0 aromatic rings. The molecule has 2 rings (SSSR count). The van der Waals surface area contributed by atoms with Crippen molar-refractivity contribution < 1.29 is 19.1 Å². The second-order valence-electron chi connectivity index (χ2n) is 14.1. The minimum atomic E-state index is -0.844. The number of ether oxygens (including phenoxy) is 2. The fraction of sp³-hybridized carbons (Fsp3) is 0.933. The van der Waals surface area contributed by atoms with E-state index in [-0.39, 0.29) is 34.4 Å². The van der Waals surface area contributed by atoms with E-state index in [1.807, 2.05) is 0 Å². The van der Waals surface area contributed by atoms with E-state index in [4.69, 9.17) is 9.47 Å². The average molecular weight is 509 g/mol. The van der Waals surface area contributed by atoms with Crippen LogP contribution >= 0.6 is 0 Å². The number of esters is 2. The minimum absolute atomic E-state index is 0.0891. The molecule has 0 unspecified atom stereocenters. The highest BCUT2D eigenvalue weighted by molar-refractivity contribution is 5.95. The molecule has 2 aliphatic heterocycles. The Labute approximate surface area is 221 Å². The maximum Gasteiger partial charge on any atom is 0.320 e. The summed E-state index contributed by atoms with van der Waals surface area (Å²) in [6, 6.07) is 0. The highest BCUT2D eigenvalue weighted by atomic mass is 16.6. The van der Waals surface area contributed by atoms with Crippen molar-refractivity contribution in [2.24, 2.45) is 5.92 Å². The molecular weight excluding hydrogens is 452 g/mol. The van der Waals surface area contributed by atoms with Crippen molar-refractivity contribution in [3.63, 3.8) is 0 Å². The van der Waals surface area contributed by atoms with E-state index in [1.54, 1.807) is 0 Å². The molecule has 210 valence electrons. The molecule has 0 radical (unpaired) electrons. The van der Waals surface area contributed by atoms with Gasteiger partial charge in [-0.05, 0) is 75.9 Å². The van der Waals surface area contributed by atoms with Gasteiger partial charge in [-0.2, -0.15) is 0 Å². The van der Waals surface area contributed by atoms with Crippen LogP contribution in [0, 0.1) is 5.92 Å². The molecule has 0 aliphatic carbocycles. The van der Waals surface area contributed by atoms with Gasteiger partial charge in [0, 0.05) is 47.8 Å². The third kappa shape index (κ3) is 7.69. The van der Waals surface area contributed by atoms with E-state index >= 15 is 0 Å². The number of hydrogen-bond acceptors (Lipinski definition) is 6. The lowest BCUT2D eigenvalue weighted by atomic mass is 9.78. The number of unbranched alkanes of at least 4 members (excludes halogenated alkanes) is 4. The molecule has 0 atom stereocenters. The molecule has 0 aromatic carbocycles. The zero-order valence-corrected chi connectivity index (χ0v) is 25.3. The van der Waals surface area contributed by atoms with Crippen molar-refractivity contribution in [3.8, 4) is 0 Å². The standard InChI is InChI=1S/C30H56N2O4/c1-12-13-14-15-16-17-24(25(33)35-22-18-27(2,3)31(10)28(4,5)19-22)26(34)36-23-20-29(6,7)32(11)30(8,9)21-23/h22-24H,12-21H2,1-11H3. The normalized spacial score (nSPS) is 24.6. The van der Waals surface area contributed by atoms with Crippen molar-refractivity contribution in [1.29, 1.82) is 0 Å². The quantitative estimate of drug-likeness (QED) is 0.195. The Morgan fingerprint density at radius 2 is 1.00 bits per heavy atom. The maximum atomic E-state index is 13.5. The number of likely N-dealkylation sites (tertiary alicyclic amines) is 2. The number of hydrogen-bond donors (Lipinski definition) is 0. The highest BCUT2D eigenvalue weighted by Gasteiger charge is 2.47. The first-order valence-corrected chi connectivity index (χ1v) is 14.3. The third-order valence-corrected chi connectivity index (χ3v) is 9.27. The fourth-order valence-corrected chi connectivity index (χ4v) is 6.50. The van der Waals surface area contributed by atoms with Crippen LogP contribution in [0.15, 0.2) is 0 Å². The molecule has 0 N–H and O–H groups in total. The highest BCUT2D eigenvalue weighted by Crippen LogP contribution is 2.40. The lowest BCUT2D eigenvalue weighted by molar-refractivity contribution is -0.177. The van der Waals surface area contributed by atoms with E-state index in [1.165, 1.54) is 6.42 Å². The van der Waals surface area contributed by atoms with Gasteiger partial charge in [-0.1, -0.05) is 39.0 Å². The van der Waals surface area contributed by atoms with E-state index in [0.29, 0.717) is 6.42 Å². The number of carbonyl (C=O) groups excluding carboxylic acids is 2. The van der Waals surface area contributed by atoms with Gasteiger partial charge in [0.1, 0.15) is 12.2 Å². The van der Waals surface area contributed by atoms with Gasteiger partial charge in [0.2, 0.25) is 0 Å². The fourth-order valence-electron chi connectivity index (χ4n) is 6.50. The van der Waals surface area contributed by atoms with Crippen LogP contribution in [-0.4, -0.2) is 70.2 Å². The van der Waals surface area contributed by atoms with Gasteiger partial charge in [0.15, 0.2) is 5.92 Å². The van der Waals surface area contributed by atoms with Crippen LogP contribution < -0.4 is 0 Å². The summed E-state index contributed by atoms with van der Waals surface area (Å²) in [5, 5.41) is 0. The van der Waals surface area contributed by atoms with E-state index in [2.05, 4.69) is 86.2 Å². The Balaban J connectivity index is 2.13. The van der Waals surface area contributed by atoms with Gasteiger partial charge in [-0.25, -0.2) is 0 Å². The number of rotatable bonds is 10. The average Bonchev–Trinajstić information content (AvgIpc) is 2.71. The van der Waals surface area contributed by atoms with Crippen molar-refractivity contribution in [2.75, 3.05) is 14.1 Å². The Bertz CT molecular complexity index is 666. The summed E-state index contributed by atoms with van der Waals surface area (Å²) in [6.07, 6.45) is 8.46. The third-order valence-electron chi connectivity index (χ3n) is 9.27. The zero-order valence-electron chi connectivity index (χ0n) is 25.3. The zero-order chi connectivity index (χ0) is 27.5. The van der Waals surface area contributed by atoms with Crippen LogP contribution in [0.2, 0.25) is 0 Å². The Hall–Kier alpha value is -1.14. The molecule has 2 fully saturated rings. The molecular formula is C30H56N2O4. The SMILES string of the molecule is CCCCCCCC(C(=O)OC1CC(C)(C)N(C)C(C)(C)C1)C(=O)OC1CC(C)(C)N(C)C(C)(C)C1. The number of nitrogens with zero attached hydrogens (tertiary/aromatic N) is 2. The van der Waals surface area contributed by atoms with E-state index < -0.39 is 17.9 Å². The molecule has 2 saturated heterocycles. The Kier molecular flexibility index (Phi) is 10.1. The van der Waals surface area contributed by atoms with Gasteiger partial charge in [-0.3, -0.25) is 19.4 Å². The molecule has 0 amide bonds. The van der Waals surface area contributed by atoms with Crippen LogP contribution in [0.4, 0.5) is 0 Å². The molecule has 0 saturated carbocycles. The first-order chi connectivity index (χ1) is 16.4. The summed E-state index contributed by atoms with van der Waals surface area (Å²) in [6.45, 7) is 19.7. The summed E-state index contributed by atoms with van der Waals surface area (Å²) in [5.41, 5.74) is -0.357. The van der Waals surface area contributed by atoms with Crippen LogP contribution in [-0.2, 0) is 19.1 Å². The van der Waals surface area contributed by atoms with Crippen molar-refractivity contribution in [3.05, 3.63) is 0 Å². The van der Waals surface area contributed by atoms with Crippen LogP contribution in [0.5, 0.6) is 0 Å². The number of piperidine rings is 2. The van der Waals surface area contributed by atoms with Crippen LogP contribution in [0.25, 0.3) is 0 Å². The van der Waals surface area contributed by atoms with Crippen molar-refractivity contribution >= 4 is 11.9 Å². The van der Waals surface area contributed by atoms with Crippen molar-refractivity contribution in [2.45, 2.75) is 161 Å². The summed E-state index contributed by atoms with van der Waals surface area (Å²) in [7, 11) is 4.28. The first-order valence-electron chi connectivity index (χ1n) is 14.3. The lowest BCUT2D eigenvalue weighted by Gasteiger charge is -2.53. The van der Waals surface area contributed by atoms with Gasteiger partial charge >= 0.3 is 11.9 Å². The summed E-state index contributed by atoms with van der Waals surface area (Å²) in [4.78, 5) is 31.7.